The van der Waals surface area contributed by atoms with Gasteiger partial charge in [0, 0.05) is 16.1 Å². The van der Waals surface area contributed by atoms with E-state index in [1.54, 1.807) is 6.07 Å². The highest BCUT2D eigenvalue weighted by Gasteiger charge is 2.51. The lowest BCUT2D eigenvalue weighted by Gasteiger charge is -2.34. The first-order valence-electron chi connectivity index (χ1n) is 7.90. The number of hydrogen-bond acceptors (Lipinski definition) is 4. The molecule has 3 aromatic rings. The van der Waals surface area contributed by atoms with Gasteiger partial charge in [0.1, 0.15) is 0 Å². The second-order valence-corrected chi connectivity index (χ2v) is 9.22. The van der Waals surface area contributed by atoms with Crippen molar-refractivity contribution < 1.29 is 23.2 Å². The van der Waals surface area contributed by atoms with Crippen molar-refractivity contribution in [2.75, 3.05) is 0 Å². The molecule has 0 saturated heterocycles. The maximum atomic E-state index is 13.0. The number of hydrogen-bond donors (Lipinski definition) is 3. The van der Waals surface area contributed by atoms with Crippen LogP contribution in [0.1, 0.15) is 16.7 Å². The predicted octanol–water partition coefficient (Wildman–Crippen LogP) is 5.89. The molecule has 3 aromatic carbocycles. The first-order chi connectivity index (χ1) is 13.5. The van der Waals surface area contributed by atoms with Gasteiger partial charge in [-0.2, -0.15) is 8.42 Å². The zero-order chi connectivity index (χ0) is 21.6. The maximum absolute atomic E-state index is 13.0. The van der Waals surface area contributed by atoms with Crippen LogP contribution in [-0.4, -0.2) is 23.2 Å². The van der Waals surface area contributed by atoms with Crippen LogP contribution in [0.25, 0.3) is 0 Å². The van der Waals surface area contributed by atoms with Gasteiger partial charge < -0.3 is 10.2 Å². The van der Waals surface area contributed by atoms with Gasteiger partial charge in [-0.1, -0.05) is 76.7 Å². The zero-order valence-corrected chi connectivity index (χ0v) is 18.1. The van der Waals surface area contributed by atoms with Gasteiger partial charge in [-0.3, -0.25) is 4.55 Å². The molecule has 0 amide bonds. The van der Waals surface area contributed by atoms with Crippen molar-refractivity contribution in [1.82, 2.24) is 0 Å². The molecule has 10 heteroatoms. The Morgan fingerprint density at radius 1 is 0.759 bits per heavy atom. The minimum Gasteiger partial charge on any atom is -0.504 e. The van der Waals surface area contributed by atoms with Gasteiger partial charge >= 0.3 is 0 Å². The first-order valence-corrected chi connectivity index (χ1v) is 10.9. The van der Waals surface area contributed by atoms with E-state index in [-0.39, 0.29) is 31.8 Å². The Balaban J connectivity index is 2.61. The maximum Gasteiger partial charge on any atom is 0.283 e. The van der Waals surface area contributed by atoms with Crippen LogP contribution in [0, 0.1) is 0 Å². The molecule has 0 bridgehead atoms. The van der Waals surface area contributed by atoms with E-state index in [0.717, 1.165) is 12.1 Å². The second-order valence-electron chi connectivity index (χ2n) is 6.06. The number of benzene rings is 3. The average molecular weight is 494 g/mol. The summed E-state index contributed by atoms with van der Waals surface area (Å²) in [4.78, 5) is 0. The van der Waals surface area contributed by atoms with Gasteiger partial charge in [0.25, 0.3) is 10.1 Å². The summed E-state index contributed by atoms with van der Waals surface area (Å²) in [6.45, 7) is 0. The topological polar surface area (TPSA) is 94.8 Å². The molecular weight excluding hydrogens is 482 g/mol. The minimum atomic E-state index is -5.05. The number of rotatable bonds is 4. The lowest BCUT2D eigenvalue weighted by atomic mass is 9.83. The number of phenols is 2. The molecule has 3 rings (SSSR count). The van der Waals surface area contributed by atoms with E-state index in [2.05, 4.69) is 0 Å². The highest BCUT2D eigenvalue weighted by Crippen LogP contribution is 2.52. The molecule has 0 heterocycles. The summed E-state index contributed by atoms with van der Waals surface area (Å²) in [5.41, 5.74) is -0.326. The van der Waals surface area contributed by atoms with E-state index in [9.17, 15) is 23.2 Å². The molecular formula is C19H12Cl4O5S. The molecule has 0 aromatic heterocycles. The molecule has 29 heavy (non-hydrogen) atoms. The standard InChI is InChI=1S/C19H12Cl4O5S/c20-13-4-2-1-3-11(13)19(29(26,27)28,10-5-7-14(21)15(22)9-10)12-6-8-16(24)18(25)17(12)23/h1-9,24-25H,(H,26,27,28). The summed E-state index contributed by atoms with van der Waals surface area (Å²) in [6.07, 6.45) is 0. The summed E-state index contributed by atoms with van der Waals surface area (Å²) < 4.78 is 34.0. The normalized spacial score (nSPS) is 13.8. The molecule has 0 saturated carbocycles. The molecule has 0 spiro atoms. The molecule has 0 aliphatic carbocycles. The minimum absolute atomic E-state index is 0.000158. The van der Waals surface area contributed by atoms with Crippen LogP contribution in [0.5, 0.6) is 11.5 Å². The first kappa shape index (κ1) is 22.0. The highest BCUT2D eigenvalue weighted by atomic mass is 35.5. The fraction of sp³-hybridized carbons (Fsp3) is 0.0526. The van der Waals surface area contributed by atoms with Crippen molar-refractivity contribution in [3.63, 3.8) is 0 Å². The average Bonchev–Trinajstić information content (AvgIpc) is 2.65. The van der Waals surface area contributed by atoms with Crippen LogP contribution in [0.4, 0.5) is 0 Å². The van der Waals surface area contributed by atoms with Gasteiger partial charge in [0.2, 0.25) is 0 Å². The summed E-state index contributed by atoms with van der Waals surface area (Å²) >= 11 is 24.6. The largest absolute Gasteiger partial charge is 0.504 e. The Morgan fingerprint density at radius 2 is 1.41 bits per heavy atom. The van der Waals surface area contributed by atoms with Gasteiger partial charge in [0.15, 0.2) is 16.2 Å². The molecule has 0 aliphatic rings. The summed E-state index contributed by atoms with van der Waals surface area (Å²) in [6, 6.07) is 12.1. The molecule has 0 radical (unpaired) electrons. The molecule has 1 unspecified atom stereocenters. The summed E-state index contributed by atoms with van der Waals surface area (Å²) in [5, 5.41) is 19.6. The Morgan fingerprint density at radius 3 is 2.00 bits per heavy atom. The number of aromatic hydroxyl groups is 2. The molecule has 0 fully saturated rings. The monoisotopic (exact) mass is 492 g/mol. The lowest BCUT2D eigenvalue weighted by molar-refractivity contribution is 0.402. The van der Waals surface area contributed by atoms with E-state index in [1.807, 2.05) is 0 Å². The second kappa shape index (κ2) is 7.87. The van der Waals surface area contributed by atoms with Crippen LogP contribution in [0.2, 0.25) is 20.1 Å². The van der Waals surface area contributed by atoms with Crippen molar-refractivity contribution in [1.29, 1.82) is 0 Å². The van der Waals surface area contributed by atoms with Crippen LogP contribution in [0.3, 0.4) is 0 Å². The SMILES string of the molecule is O=S(=O)(O)C(c1ccc(Cl)c(Cl)c1)(c1ccccc1Cl)c1ccc(O)c(O)c1Cl. The van der Waals surface area contributed by atoms with Crippen molar-refractivity contribution >= 4 is 56.5 Å². The van der Waals surface area contributed by atoms with Gasteiger partial charge in [-0.05, 0) is 29.8 Å². The van der Waals surface area contributed by atoms with Crippen LogP contribution < -0.4 is 0 Å². The summed E-state index contributed by atoms with van der Waals surface area (Å²) in [7, 11) is -5.05. The van der Waals surface area contributed by atoms with Gasteiger partial charge in [0.05, 0.1) is 15.1 Å². The van der Waals surface area contributed by atoms with Crippen molar-refractivity contribution in [2.24, 2.45) is 0 Å². The molecule has 1 atom stereocenters. The highest BCUT2D eigenvalue weighted by molar-refractivity contribution is 7.87. The van der Waals surface area contributed by atoms with Gasteiger partial charge in [-0.25, -0.2) is 0 Å². The molecule has 152 valence electrons. The Hall–Kier alpha value is -1.67. The molecule has 0 aliphatic heterocycles. The third-order valence-electron chi connectivity index (χ3n) is 4.44. The van der Waals surface area contributed by atoms with E-state index in [4.69, 9.17) is 46.4 Å². The van der Waals surface area contributed by atoms with E-state index < -0.39 is 31.4 Å². The lowest BCUT2D eigenvalue weighted by Crippen LogP contribution is -2.38. The predicted molar refractivity (Wildman–Crippen MR) is 114 cm³/mol. The fourth-order valence-corrected chi connectivity index (χ4v) is 5.49. The number of phenolic OH excluding ortho intramolecular Hbond substituents is 2. The molecule has 3 N–H and O–H groups in total. The smallest absolute Gasteiger partial charge is 0.283 e. The van der Waals surface area contributed by atoms with E-state index in [0.29, 0.717) is 0 Å². The summed E-state index contributed by atoms with van der Waals surface area (Å²) in [5.74, 6) is -1.33. The van der Waals surface area contributed by atoms with Crippen LogP contribution >= 0.6 is 46.4 Å². The van der Waals surface area contributed by atoms with E-state index >= 15 is 0 Å². The van der Waals surface area contributed by atoms with Gasteiger partial charge in [-0.15, -0.1) is 0 Å². The van der Waals surface area contributed by atoms with E-state index in [1.165, 1.54) is 36.4 Å². The Kier molecular flexibility index (Phi) is 5.98. The zero-order valence-electron chi connectivity index (χ0n) is 14.3. The Bertz CT molecular complexity index is 1210. The van der Waals surface area contributed by atoms with Crippen LogP contribution in [0.15, 0.2) is 54.6 Å². The number of halogens is 4. The third-order valence-corrected chi connectivity index (χ3v) is 7.34. The molecule has 5 nitrogen and oxygen atoms in total. The van der Waals surface area contributed by atoms with Crippen LogP contribution in [-0.2, 0) is 14.9 Å². The third kappa shape index (κ3) is 3.54. The van der Waals surface area contributed by atoms with Crippen molar-refractivity contribution in [3.8, 4) is 11.5 Å². The fourth-order valence-electron chi connectivity index (χ4n) is 3.17. The Labute approximate surface area is 186 Å². The quantitative estimate of drug-likeness (QED) is 0.239. The van der Waals surface area contributed by atoms with Crippen molar-refractivity contribution in [3.05, 3.63) is 91.4 Å². The van der Waals surface area contributed by atoms with Crippen molar-refractivity contribution in [2.45, 2.75) is 4.75 Å².